The predicted octanol–water partition coefficient (Wildman–Crippen LogP) is 4.85. The molecule has 0 bridgehead atoms. The Hall–Kier alpha value is -2.29. The molecule has 2 aromatic rings. The van der Waals surface area contributed by atoms with E-state index in [0.29, 0.717) is 6.61 Å². The van der Waals surface area contributed by atoms with Crippen LogP contribution in [-0.4, -0.2) is 12.1 Å². The van der Waals surface area contributed by atoms with Gasteiger partial charge in [0.25, 0.3) is 0 Å². The smallest absolute Gasteiger partial charge is 0.302 e. The van der Waals surface area contributed by atoms with Gasteiger partial charge in [0.05, 0.1) is 0 Å². The average molecular weight is 324 g/mol. The lowest BCUT2D eigenvalue weighted by Crippen LogP contribution is -2.28. The number of benzene rings is 2. The van der Waals surface area contributed by atoms with Crippen LogP contribution in [0, 0.1) is 0 Å². The van der Waals surface area contributed by atoms with E-state index in [1.54, 1.807) is 0 Å². The van der Waals surface area contributed by atoms with E-state index in [1.807, 2.05) is 36.4 Å². The third-order valence-corrected chi connectivity index (χ3v) is 4.58. The molecule has 1 fully saturated rings. The Morgan fingerprint density at radius 1 is 1.00 bits per heavy atom. The van der Waals surface area contributed by atoms with Crippen LogP contribution in [0.2, 0.25) is 0 Å². The molecule has 3 rings (SSSR count). The highest BCUT2D eigenvalue weighted by atomic mass is 16.5. The van der Waals surface area contributed by atoms with Crippen molar-refractivity contribution in [3.05, 3.63) is 65.7 Å². The number of rotatable bonds is 5. The molecule has 0 radical (unpaired) electrons. The maximum atomic E-state index is 11.4. The first-order valence-corrected chi connectivity index (χ1v) is 8.67. The summed E-state index contributed by atoms with van der Waals surface area (Å²) in [7, 11) is 0. The van der Waals surface area contributed by atoms with E-state index >= 15 is 0 Å². The molecule has 0 unspecified atom stereocenters. The highest BCUT2D eigenvalue weighted by molar-refractivity contribution is 5.66. The molecule has 0 N–H and O–H groups in total. The fourth-order valence-corrected chi connectivity index (χ4v) is 3.46. The Morgan fingerprint density at radius 2 is 1.71 bits per heavy atom. The van der Waals surface area contributed by atoms with Crippen molar-refractivity contribution in [2.45, 2.75) is 51.2 Å². The molecule has 0 amide bonds. The van der Waals surface area contributed by atoms with E-state index in [0.717, 1.165) is 42.6 Å². The molecule has 0 spiro atoms. The van der Waals surface area contributed by atoms with Crippen LogP contribution < -0.4 is 4.74 Å². The van der Waals surface area contributed by atoms with Crippen molar-refractivity contribution >= 4 is 5.97 Å². The first-order valence-electron chi connectivity index (χ1n) is 8.67. The zero-order valence-electron chi connectivity index (χ0n) is 14.1. The minimum Gasteiger partial charge on any atom is -0.489 e. The van der Waals surface area contributed by atoms with Gasteiger partial charge in [0.2, 0.25) is 0 Å². The summed E-state index contributed by atoms with van der Waals surface area (Å²) in [6, 6.07) is 18.3. The van der Waals surface area contributed by atoms with Crippen molar-refractivity contribution in [2.24, 2.45) is 0 Å². The lowest BCUT2D eigenvalue weighted by molar-refractivity contribution is -0.148. The fourth-order valence-electron chi connectivity index (χ4n) is 3.46. The Labute approximate surface area is 143 Å². The Bertz CT molecular complexity index is 666. The number of hydrogen-bond acceptors (Lipinski definition) is 3. The van der Waals surface area contributed by atoms with Gasteiger partial charge in [0.1, 0.15) is 18.5 Å². The lowest BCUT2D eigenvalue weighted by Gasteiger charge is -2.32. The first kappa shape index (κ1) is 16.6. The Balaban J connectivity index is 1.78. The second kappa shape index (κ2) is 8.00. The minimum absolute atomic E-state index is 0.0438. The standard InChI is InChI=1S/C21H24O3/c1-16(22)24-21-14-8-6-12-19(21)18-11-5-7-13-20(18)23-15-17-9-3-2-4-10-17/h2-5,7,9-11,13,19,21H,6,8,12,14-15H2,1H3/t19-,21+/m0/s1. The highest BCUT2D eigenvalue weighted by Gasteiger charge is 2.30. The van der Waals surface area contributed by atoms with Crippen LogP contribution in [0.25, 0.3) is 0 Å². The van der Waals surface area contributed by atoms with Gasteiger partial charge in [0.15, 0.2) is 0 Å². The van der Waals surface area contributed by atoms with Gasteiger partial charge in [-0.2, -0.15) is 0 Å². The van der Waals surface area contributed by atoms with Gasteiger partial charge in [-0.25, -0.2) is 0 Å². The van der Waals surface area contributed by atoms with Crippen LogP contribution in [0.1, 0.15) is 49.7 Å². The minimum atomic E-state index is -0.199. The molecule has 2 aromatic carbocycles. The molecule has 0 saturated heterocycles. The monoisotopic (exact) mass is 324 g/mol. The summed E-state index contributed by atoms with van der Waals surface area (Å²) in [5, 5.41) is 0. The Kier molecular flexibility index (Phi) is 5.52. The van der Waals surface area contributed by atoms with Crippen LogP contribution in [0.15, 0.2) is 54.6 Å². The molecule has 24 heavy (non-hydrogen) atoms. The van der Waals surface area contributed by atoms with Gasteiger partial charge in [-0.15, -0.1) is 0 Å². The van der Waals surface area contributed by atoms with Gasteiger partial charge >= 0.3 is 5.97 Å². The largest absolute Gasteiger partial charge is 0.489 e. The van der Waals surface area contributed by atoms with Crippen molar-refractivity contribution < 1.29 is 14.3 Å². The molecule has 3 heteroatoms. The van der Waals surface area contributed by atoms with E-state index in [1.165, 1.54) is 6.92 Å². The molecule has 0 heterocycles. The number of para-hydroxylation sites is 1. The summed E-state index contributed by atoms with van der Waals surface area (Å²) < 4.78 is 11.7. The number of carbonyl (C=O) groups is 1. The van der Waals surface area contributed by atoms with Crippen molar-refractivity contribution in [1.29, 1.82) is 0 Å². The maximum Gasteiger partial charge on any atom is 0.302 e. The maximum absolute atomic E-state index is 11.4. The third-order valence-electron chi connectivity index (χ3n) is 4.58. The normalized spacial score (nSPS) is 20.4. The third kappa shape index (κ3) is 4.16. The summed E-state index contributed by atoms with van der Waals surface area (Å²) in [5.41, 5.74) is 2.30. The molecule has 2 atom stereocenters. The molecular formula is C21H24O3. The van der Waals surface area contributed by atoms with E-state index in [-0.39, 0.29) is 18.0 Å². The van der Waals surface area contributed by atoms with Gasteiger partial charge in [-0.3, -0.25) is 4.79 Å². The average Bonchev–Trinajstić information content (AvgIpc) is 2.61. The molecular weight excluding hydrogens is 300 g/mol. The van der Waals surface area contributed by atoms with E-state index in [2.05, 4.69) is 18.2 Å². The molecule has 0 aromatic heterocycles. The number of hydrogen-bond donors (Lipinski definition) is 0. The molecule has 0 aliphatic heterocycles. The van der Waals surface area contributed by atoms with Crippen LogP contribution in [0.5, 0.6) is 5.75 Å². The zero-order chi connectivity index (χ0) is 16.8. The SMILES string of the molecule is CC(=O)O[C@@H]1CCCC[C@H]1c1ccccc1OCc1ccccc1. The quantitative estimate of drug-likeness (QED) is 0.737. The van der Waals surface area contributed by atoms with Crippen LogP contribution in [0.4, 0.5) is 0 Å². The van der Waals surface area contributed by atoms with Gasteiger partial charge in [0, 0.05) is 18.4 Å². The second-order valence-electron chi connectivity index (χ2n) is 6.35. The van der Waals surface area contributed by atoms with E-state index in [4.69, 9.17) is 9.47 Å². The van der Waals surface area contributed by atoms with E-state index < -0.39 is 0 Å². The van der Waals surface area contributed by atoms with Crippen molar-refractivity contribution in [2.75, 3.05) is 0 Å². The lowest BCUT2D eigenvalue weighted by atomic mass is 9.81. The summed E-state index contributed by atoms with van der Waals surface area (Å²) in [5.74, 6) is 0.912. The summed E-state index contributed by atoms with van der Waals surface area (Å²) in [4.78, 5) is 11.4. The van der Waals surface area contributed by atoms with Crippen molar-refractivity contribution in [1.82, 2.24) is 0 Å². The van der Waals surface area contributed by atoms with Crippen molar-refractivity contribution in [3.8, 4) is 5.75 Å². The van der Waals surface area contributed by atoms with Crippen LogP contribution in [0.3, 0.4) is 0 Å². The molecule has 1 aliphatic carbocycles. The predicted molar refractivity (Wildman–Crippen MR) is 94.0 cm³/mol. The topological polar surface area (TPSA) is 35.5 Å². The van der Waals surface area contributed by atoms with Gasteiger partial charge < -0.3 is 9.47 Å². The molecule has 1 aliphatic rings. The Morgan fingerprint density at radius 3 is 2.50 bits per heavy atom. The van der Waals surface area contributed by atoms with Gasteiger partial charge in [-0.1, -0.05) is 55.0 Å². The summed E-state index contributed by atoms with van der Waals surface area (Å²) in [6.45, 7) is 2.03. The number of ether oxygens (including phenoxy) is 2. The van der Waals surface area contributed by atoms with E-state index in [9.17, 15) is 4.79 Å². The molecule has 126 valence electrons. The summed E-state index contributed by atoms with van der Waals surface area (Å²) in [6.07, 6.45) is 4.19. The fraction of sp³-hybridized carbons (Fsp3) is 0.381. The number of carbonyl (C=O) groups excluding carboxylic acids is 1. The first-order chi connectivity index (χ1) is 11.7. The second-order valence-corrected chi connectivity index (χ2v) is 6.35. The van der Waals surface area contributed by atoms with Gasteiger partial charge in [-0.05, 0) is 30.9 Å². The number of esters is 1. The summed E-state index contributed by atoms with van der Waals surface area (Å²) >= 11 is 0. The van der Waals surface area contributed by atoms with Crippen molar-refractivity contribution in [3.63, 3.8) is 0 Å². The molecule has 3 nitrogen and oxygen atoms in total. The zero-order valence-corrected chi connectivity index (χ0v) is 14.1. The van der Waals surface area contributed by atoms with Crippen LogP contribution in [-0.2, 0) is 16.1 Å². The highest BCUT2D eigenvalue weighted by Crippen LogP contribution is 2.39. The molecule has 1 saturated carbocycles. The van der Waals surface area contributed by atoms with Crippen LogP contribution >= 0.6 is 0 Å².